The first-order valence-corrected chi connectivity index (χ1v) is 9.97. The van der Waals surface area contributed by atoms with Gasteiger partial charge in [0.2, 0.25) is 0 Å². The van der Waals surface area contributed by atoms with Crippen LogP contribution in [-0.2, 0) is 6.54 Å². The van der Waals surface area contributed by atoms with Crippen molar-refractivity contribution in [2.45, 2.75) is 44.7 Å². The highest BCUT2D eigenvalue weighted by Crippen LogP contribution is 2.56. The molecule has 1 unspecified atom stereocenters. The SMILES string of the molecule is c1cc(CN(CC2CCNCC2)C2CC23CCNCC3)cs1. The molecule has 3 aliphatic rings. The molecule has 1 aromatic rings. The molecule has 4 rings (SSSR count). The number of nitrogens with one attached hydrogen (secondary N) is 2. The zero-order chi connectivity index (χ0) is 14.8. The fourth-order valence-corrected chi connectivity index (χ4v) is 5.28. The molecule has 1 spiro atoms. The van der Waals surface area contributed by atoms with Crippen LogP contribution in [0, 0.1) is 11.3 Å². The molecule has 0 radical (unpaired) electrons. The molecule has 1 atom stereocenters. The lowest BCUT2D eigenvalue weighted by Gasteiger charge is -2.33. The van der Waals surface area contributed by atoms with Crippen molar-refractivity contribution in [2.75, 3.05) is 32.7 Å². The standard InChI is InChI=1S/C18H29N3S/c1-6-19-7-2-15(1)12-21(13-16-3-10-22-14-16)17-11-18(17)4-8-20-9-5-18/h3,10,14-15,17,19-20H,1-2,4-9,11-13H2. The summed E-state index contributed by atoms with van der Waals surface area (Å²) in [6, 6.07) is 3.17. The van der Waals surface area contributed by atoms with Crippen LogP contribution in [0.3, 0.4) is 0 Å². The molecule has 2 saturated heterocycles. The van der Waals surface area contributed by atoms with Crippen molar-refractivity contribution in [2.24, 2.45) is 11.3 Å². The van der Waals surface area contributed by atoms with Gasteiger partial charge in [-0.25, -0.2) is 0 Å². The van der Waals surface area contributed by atoms with Gasteiger partial charge in [-0.05, 0) is 92.0 Å². The Hall–Kier alpha value is -0.420. The van der Waals surface area contributed by atoms with E-state index >= 15 is 0 Å². The lowest BCUT2D eigenvalue weighted by molar-refractivity contribution is 0.155. The average Bonchev–Trinajstić information content (AvgIpc) is 2.99. The fraction of sp³-hybridized carbons (Fsp3) is 0.778. The first kappa shape index (κ1) is 15.1. The van der Waals surface area contributed by atoms with E-state index in [4.69, 9.17) is 0 Å². The Labute approximate surface area is 138 Å². The van der Waals surface area contributed by atoms with Crippen LogP contribution in [0.2, 0.25) is 0 Å². The van der Waals surface area contributed by atoms with Gasteiger partial charge in [-0.1, -0.05) is 0 Å². The highest BCUT2D eigenvalue weighted by atomic mass is 32.1. The molecule has 122 valence electrons. The molecule has 0 amide bonds. The normalized spacial score (nSPS) is 28.3. The zero-order valence-corrected chi connectivity index (χ0v) is 14.3. The van der Waals surface area contributed by atoms with Crippen LogP contribution >= 0.6 is 11.3 Å². The van der Waals surface area contributed by atoms with Crippen molar-refractivity contribution in [3.05, 3.63) is 22.4 Å². The molecule has 3 heterocycles. The average molecular weight is 320 g/mol. The van der Waals surface area contributed by atoms with Crippen molar-refractivity contribution >= 4 is 11.3 Å². The minimum absolute atomic E-state index is 0.661. The minimum Gasteiger partial charge on any atom is -0.317 e. The quantitative estimate of drug-likeness (QED) is 0.874. The van der Waals surface area contributed by atoms with Crippen LogP contribution in [0.1, 0.15) is 37.7 Å². The first-order valence-electron chi connectivity index (χ1n) is 9.02. The largest absolute Gasteiger partial charge is 0.317 e. The molecule has 3 fully saturated rings. The molecule has 0 aromatic carbocycles. The molecule has 1 saturated carbocycles. The van der Waals surface area contributed by atoms with Crippen LogP contribution in [0.5, 0.6) is 0 Å². The number of piperidine rings is 2. The van der Waals surface area contributed by atoms with Crippen molar-refractivity contribution in [1.29, 1.82) is 0 Å². The summed E-state index contributed by atoms with van der Waals surface area (Å²) in [7, 11) is 0. The molecular weight excluding hydrogens is 290 g/mol. The predicted molar refractivity (Wildman–Crippen MR) is 93.3 cm³/mol. The smallest absolute Gasteiger partial charge is 0.0245 e. The number of thiophene rings is 1. The maximum Gasteiger partial charge on any atom is 0.0245 e. The monoisotopic (exact) mass is 319 g/mol. The van der Waals surface area contributed by atoms with E-state index in [-0.39, 0.29) is 0 Å². The van der Waals surface area contributed by atoms with Gasteiger partial charge >= 0.3 is 0 Å². The lowest BCUT2D eigenvalue weighted by Crippen LogP contribution is -2.40. The Morgan fingerprint density at radius 1 is 1.14 bits per heavy atom. The van der Waals surface area contributed by atoms with E-state index in [1.807, 2.05) is 11.3 Å². The molecule has 22 heavy (non-hydrogen) atoms. The summed E-state index contributed by atoms with van der Waals surface area (Å²) >= 11 is 1.84. The van der Waals surface area contributed by atoms with Gasteiger partial charge in [-0.2, -0.15) is 11.3 Å². The third kappa shape index (κ3) is 3.25. The van der Waals surface area contributed by atoms with Gasteiger partial charge < -0.3 is 10.6 Å². The third-order valence-corrected chi connectivity index (χ3v) is 6.84. The summed E-state index contributed by atoms with van der Waals surface area (Å²) in [4.78, 5) is 2.85. The Kier molecular flexibility index (Phi) is 4.54. The molecule has 2 aliphatic heterocycles. The minimum atomic E-state index is 0.661. The molecule has 1 aromatic heterocycles. The van der Waals surface area contributed by atoms with E-state index < -0.39 is 0 Å². The Bertz CT molecular complexity index is 461. The maximum absolute atomic E-state index is 3.54. The van der Waals surface area contributed by atoms with Crippen molar-refractivity contribution in [3.8, 4) is 0 Å². The van der Waals surface area contributed by atoms with Gasteiger partial charge in [0.15, 0.2) is 0 Å². The van der Waals surface area contributed by atoms with Gasteiger partial charge in [0, 0.05) is 19.1 Å². The number of hydrogen-bond acceptors (Lipinski definition) is 4. The Balaban J connectivity index is 1.43. The topological polar surface area (TPSA) is 27.3 Å². The fourth-order valence-electron chi connectivity index (χ4n) is 4.62. The molecule has 3 nitrogen and oxygen atoms in total. The highest BCUT2D eigenvalue weighted by Gasteiger charge is 2.56. The molecule has 1 aliphatic carbocycles. The molecule has 4 heteroatoms. The Morgan fingerprint density at radius 3 is 2.64 bits per heavy atom. The van der Waals surface area contributed by atoms with Crippen molar-refractivity contribution < 1.29 is 0 Å². The van der Waals surface area contributed by atoms with Gasteiger partial charge in [0.05, 0.1) is 0 Å². The highest BCUT2D eigenvalue weighted by molar-refractivity contribution is 7.07. The van der Waals surface area contributed by atoms with E-state index in [1.165, 1.54) is 76.9 Å². The maximum atomic E-state index is 3.54. The van der Waals surface area contributed by atoms with Crippen molar-refractivity contribution in [1.82, 2.24) is 15.5 Å². The zero-order valence-electron chi connectivity index (χ0n) is 13.5. The summed E-state index contributed by atoms with van der Waals surface area (Å²) in [6.07, 6.45) is 6.96. The van der Waals surface area contributed by atoms with E-state index in [2.05, 4.69) is 32.4 Å². The second-order valence-electron chi connectivity index (χ2n) is 7.59. The van der Waals surface area contributed by atoms with Crippen LogP contribution < -0.4 is 10.6 Å². The molecular formula is C18H29N3S. The first-order chi connectivity index (χ1) is 10.9. The molecule has 2 N–H and O–H groups in total. The van der Waals surface area contributed by atoms with E-state index in [9.17, 15) is 0 Å². The number of hydrogen-bond donors (Lipinski definition) is 2. The van der Waals surface area contributed by atoms with Crippen LogP contribution in [-0.4, -0.2) is 43.7 Å². The summed E-state index contributed by atoms with van der Waals surface area (Å²) < 4.78 is 0. The second kappa shape index (κ2) is 6.60. The van der Waals surface area contributed by atoms with Crippen LogP contribution in [0.25, 0.3) is 0 Å². The predicted octanol–water partition coefficient (Wildman–Crippen LogP) is 2.69. The van der Waals surface area contributed by atoms with Gasteiger partial charge in [-0.15, -0.1) is 0 Å². The van der Waals surface area contributed by atoms with Gasteiger partial charge in [0.1, 0.15) is 0 Å². The summed E-state index contributed by atoms with van der Waals surface area (Å²) in [5, 5.41) is 11.6. The van der Waals surface area contributed by atoms with Crippen molar-refractivity contribution in [3.63, 3.8) is 0 Å². The summed E-state index contributed by atoms with van der Waals surface area (Å²) in [5.74, 6) is 0.902. The van der Waals surface area contributed by atoms with E-state index in [0.717, 1.165) is 12.0 Å². The van der Waals surface area contributed by atoms with Crippen LogP contribution in [0.4, 0.5) is 0 Å². The number of nitrogens with zero attached hydrogens (tertiary/aromatic N) is 1. The van der Waals surface area contributed by atoms with Crippen LogP contribution in [0.15, 0.2) is 16.8 Å². The van der Waals surface area contributed by atoms with E-state index in [0.29, 0.717) is 5.41 Å². The second-order valence-corrected chi connectivity index (χ2v) is 8.37. The summed E-state index contributed by atoms with van der Waals surface area (Å²) in [6.45, 7) is 7.39. The number of rotatable bonds is 5. The lowest BCUT2D eigenvalue weighted by atomic mass is 9.92. The summed E-state index contributed by atoms with van der Waals surface area (Å²) in [5.41, 5.74) is 2.18. The van der Waals surface area contributed by atoms with E-state index in [1.54, 1.807) is 0 Å². The van der Waals surface area contributed by atoms with Gasteiger partial charge in [0.25, 0.3) is 0 Å². The molecule has 0 bridgehead atoms. The van der Waals surface area contributed by atoms with Gasteiger partial charge in [-0.3, -0.25) is 4.90 Å². The Morgan fingerprint density at radius 2 is 1.91 bits per heavy atom. The third-order valence-electron chi connectivity index (χ3n) is 6.10.